The largest absolute Gasteiger partial charge is 0.352 e. The average molecular weight is 352 g/mol. The summed E-state index contributed by atoms with van der Waals surface area (Å²) in [5.41, 5.74) is 5.86. The fourth-order valence-corrected chi connectivity index (χ4v) is 3.00. The van der Waals surface area contributed by atoms with E-state index in [0.717, 1.165) is 39.7 Å². The summed E-state index contributed by atoms with van der Waals surface area (Å²) < 4.78 is 3.62. The van der Waals surface area contributed by atoms with Crippen LogP contribution in [0.15, 0.2) is 24.4 Å². The van der Waals surface area contributed by atoms with Crippen molar-refractivity contribution in [1.29, 1.82) is 0 Å². The number of nitrogens with zero attached hydrogens (tertiary/aromatic N) is 5. The molecule has 7 nitrogen and oxygen atoms in total. The Morgan fingerprint density at radius 1 is 1.15 bits per heavy atom. The summed E-state index contributed by atoms with van der Waals surface area (Å²) in [5.74, 6) is 0.749. The molecule has 0 aliphatic carbocycles. The highest BCUT2D eigenvalue weighted by Crippen LogP contribution is 2.13. The summed E-state index contributed by atoms with van der Waals surface area (Å²) >= 11 is 0. The van der Waals surface area contributed by atoms with Crippen molar-refractivity contribution >= 4 is 5.91 Å². The predicted molar refractivity (Wildman–Crippen MR) is 99.1 cm³/mol. The second-order valence-corrected chi connectivity index (χ2v) is 6.59. The molecule has 0 spiro atoms. The molecule has 0 saturated heterocycles. The van der Waals surface area contributed by atoms with Gasteiger partial charge in [-0.05, 0) is 45.4 Å². The summed E-state index contributed by atoms with van der Waals surface area (Å²) in [6, 6.07) is 5.88. The second kappa shape index (κ2) is 7.11. The molecule has 0 aromatic carbocycles. The van der Waals surface area contributed by atoms with Crippen molar-refractivity contribution in [2.24, 2.45) is 7.05 Å². The zero-order chi connectivity index (χ0) is 18.8. The van der Waals surface area contributed by atoms with Crippen molar-refractivity contribution < 1.29 is 4.79 Å². The summed E-state index contributed by atoms with van der Waals surface area (Å²) in [7, 11) is 1.89. The van der Waals surface area contributed by atoms with Gasteiger partial charge in [0.05, 0.1) is 17.8 Å². The summed E-state index contributed by atoms with van der Waals surface area (Å²) in [4.78, 5) is 16.7. The van der Waals surface area contributed by atoms with E-state index in [2.05, 4.69) is 20.5 Å². The number of hydrogen-bond donors (Lipinski definition) is 1. The molecule has 0 aliphatic rings. The first kappa shape index (κ1) is 17.8. The highest BCUT2D eigenvalue weighted by molar-refractivity contribution is 5.79. The van der Waals surface area contributed by atoms with E-state index in [4.69, 9.17) is 0 Å². The number of pyridine rings is 1. The van der Waals surface area contributed by atoms with Gasteiger partial charge < -0.3 is 5.32 Å². The zero-order valence-electron chi connectivity index (χ0n) is 15.9. The minimum absolute atomic E-state index is 0.0215. The highest BCUT2D eigenvalue weighted by atomic mass is 16.1. The van der Waals surface area contributed by atoms with Crippen molar-refractivity contribution in [2.75, 3.05) is 0 Å². The number of aromatic nitrogens is 5. The van der Waals surface area contributed by atoms with Crippen LogP contribution >= 0.6 is 0 Å². The first-order chi connectivity index (χ1) is 12.3. The quantitative estimate of drug-likeness (QED) is 0.763. The van der Waals surface area contributed by atoms with E-state index >= 15 is 0 Å². The molecule has 0 atom stereocenters. The van der Waals surface area contributed by atoms with Crippen molar-refractivity contribution in [3.63, 3.8) is 0 Å². The SMILES string of the molecule is Cc1cc(C)n(-c2ccc(CNC(=O)Cc3c(C)nn(C)c3C)cn2)n1. The molecule has 1 N–H and O–H groups in total. The summed E-state index contributed by atoms with van der Waals surface area (Å²) in [5, 5.41) is 11.7. The van der Waals surface area contributed by atoms with E-state index in [-0.39, 0.29) is 5.91 Å². The lowest BCUT2D eigenvalue weighted by Crippen LogP contribution is -2.25. The van der Waals surface area contributed by atoms with E-state index in [1.165, 1.54) is 0 Å². The van der Waals surface area contributed by atoms with Crippen LogP contribution < -0.4 is 5.32 Å². The normalized spacial score (nSPS) is 11.0. The third-order valence-electron chi connectivity index (χ3n) is 4.52. The molecule has 3 heterocycles. The van der Waals surface area contributed by atoms with Gasteiger partial charge in [-0.3, -0.25) is 9.48 Å². The lowest BCUT2D eigenvalue weighted by atomic mass is 10.1. The van der Waals surface area contributed by atoms with Crippen LogP contribution in [0, 0.1) is 27.7 Å². The highest BCUT2D eigenvalue weighted by Gasteiger charge is 2.13. The Labute approximate surface area is 153 Å². The molecular formula is C19H24N6O. The van der Waals surface area contributed by atoms with Crippen LogP contribution in [-0.2, 0) is 24.8 Å². The Bertz CT molecular complexity index is 936. The van der Waals surface area contributed by atoms with E-state index in [1.54, 1.807) is 10.9 Å². The molecular weight excluding hydrogens is 328 g/mol. The lowest BCUT2D eigenvalue weighted by molar-refractivity contribution is -0.120. The third kappa shape index (κ3) is 3.66. The van der Waals surface area contributed by atoms with Crippen molar-refractivity contribution in [2.45, 2.75) is 40.7 Å². The van der Waals surface area contributed by atoms with Crippen LogP contribution in [0.3, 0.4) is 0 Å². The molecule has 26 heavy (non-hydrogen) atoms. The number of hydrogen-bond acceptors (Lipinski definition) is 4. The minimum Gasteiger partial charge on any atom is -0.352 e. The molecule has 3 rings (SSSR count). The van der Waals surface area contributed by atoms with Crippen LogP contribution in [0.1, 0.15) is 33.9 Å². The maximum absolute atomic E-state index is 12.3. The van der Waals surface area contributed by atoms with Gasteiger partial charge in [0.15, 0.2) is 5.82 Å². The maximum atomic E-state index is 12.3. The standard InChI is InChI=1S/C19H24N6O/c1-12-8-13(2)25(22-12)18-7-6-16(10-20-18)11-21-19(26)9-17-14(3)23-24(5)15(17)4/h6-8,10H,9,11H2,1-5H3,(H,21,26). The van der Waals surface area contributed by atoms with Crippen molar-refractivity contribution in [1.82, 2.24) is 29.9 Å². The molecule has 0 saturated carbocycles. The second-order valence-electron chi connectivity index (χ2n) is 6.59. The molecule has 0 radical (unpaired) electrons. The Morgan fingerprint density at radius 2 is 1.92 bits per heavy atom. The van der Waals surface area contributed by atoms with E-state index < -0.39 is 0 Å². The fraction of sp³-hybridized carbons (Fsp3) is 0.368. The summed E-state index contributed by atoms with van der Waals surface area (Å²) in [6.45, 7) is 8.31. The predicted octanol–water partition coefficient (Wildman–Crippen LogP) is 2.09. The molecule has 0 aliphatic heterocycles. The molecule has 0 unspecified atom stereocenters. The minimum atomic E-state index is -0.0215. The Morgan fingerprint density at radius 3 is 2.46 bits per heavy atom. The molecule has 3 aromatic heterocycles. The Balaban J connectivity index is 1.61. The van der Waals surface area contributed by atoms with E-state index in [0.29, 0.717) is 13.0 Å². The number of carbonyl (C=O) groups is 1. The van der Waals surface area contributed by atoms with Gasteiger partial charge in [0, 0.05) is 36.7 Å². The lowest BCUT2D eigenvalue weighted by Gasteiger charge is -2.07. The van der Waals surface area contributed by atoms with Crippen molar-refractivity contribution in [3.8, 4) is 5.82 Å². The smallest absolute Gasteiger partial charge is 0.224 e. The number of rotatable bonds is 5. The Kier molecular flexibility index (Phi) is 4.88. The molecule has 136 valence electrons. The van der Waals surface area contributed by atoms with Crippen LogP contribution in [-0.4, -0.2) is 30.5 Å². The molecule has 0 bridgehead atoms. The van der Waals surface area contributed by atoms with E-state index in [9.17, 15) is 4.79 Å². The van der Waals surface area contributed by atoms with Gasteiger partial charge >= 0.3 is 0 Å². The fourth-order valence-electron chi connectivity index (χ4n) is 3.00. The van der Waals surface area contributed by atoms with Gasteiger partial charge in [0.2, 0.25) is 5.91 Å². The van der Waals surface area contributed by atoms with Crippen LogP contribution in [0.25, 0.3) is 5.82 Å². The van der Waals surface area contributed by atoms with Gasteiger partial charge in [0.25, 0.3) is 0 Å². The van der Waals surface area contributed by atoms with E-state index in [1.807, 2.05) is 57.6 Å². The van der Waals surface area contributed by atoms with Crippen LogP contribution in [0.5, 0.6) is 0 Å². The average Bonchev–Trinajstić information content (AvgIpc) is 3.06. The molecule has 7 heteroatoms. The maximum Gasteiger partial charge on any atom is 0.224 e. The number of carbonyl (C=O) groups excluding carboxylic acids is 1. The van der Waals surface area contributed by atoms with Crippen LogP contribution in [0.4, 0.5) is 0 Å². The van der Waals surface area contributed by atoms with Gasteiger partial charge in [-0.1, -0.05) is 6.07 Å². The van der Waals surface area contributed by atoms with Gasteiger partial charge in [-0.15, -0.1) is 0 Å². The first-order valence-corrected chi connectivity index (χ1v) is 8.59. The third-order valence-corrected chi connectivity index (χ3v) is 4.52. The van der Waals surface area contributed by atoms with Crippen molar-refractivity contribution in [3.05, 3.63) is 58.3 Å². The van der Waals surface area contributed by atoms with Gasteiger partial charge in [-0.2, -0.15) is 10.2 Å². The van der Waals surface area contributed by atoms with Gasteiger partial charge in [-0.25, -0.2) is 9.67 Å². The number of nitrogens with one attached hydrogen (secondary N) is 1. The monoisotopic (exact) mass is 352 g/mol. The number of aryl methyl sites for hydroxylation is 4. The first-order valence-electron chi connectivity index (χ1n) is 8.59. The van der Waals surface area contributed by atoms with Crippen LogP contribution in [0.2, 0.25) is 0 Å². The molecule has 0 fully saturated rings. The summed E-state index contributed by atoms with van der Waals surface area (Å²) in [6.07, 6.45) is 2.11. The topological polar surface area (TPSA) is 77.6 Å². The zero-order valence-corrected chi connectivity index (χ0v) is 15.9. The Hall–Kier alpha value is -2.96. The van der Waals surface area contributed by atoms with Gasteiger partial charge in [0.1, 0.15) is 0 Å². The molecule has 3 aromatic rings. The molecule has 1 amide bonds. The number of amides is 1.